The second-order valence-electron chi connectivity index (χ2n) is 9.55. The predicted molar refractivity (Wildman–Crippen MR) is 121 cm³/mol. The van der Waals surface area contributed by atoms with E-state index in [1.54, 1.807) is 0 Å². The SMILES string of the molecule is CCOC1CC(N)(C(=O)N2CCC(CN3CC(C)OC(C)C3)CC2)C1(C)C.Cl.Cl. The van der Waals surface area contributed by atoms with Gasteiger partial charge in [-0.2, -0.15) is 0 Å². The molecule has 29 heavy (non-hydrogen) atoms. The van der Waals surface area contributed by atoms with Gasteiger partial charge in [0.05, 0.1) is 18.3 Å². The molecule has 1 aliphatic carbocycles. The molecule has 3 rings (SSSR count). The van der Waals surface area contributed by atoms with Crippen LogP contribution >= 0.6 is 24.8 Å². The number of rotatable bonds is 5. The van der Waals surface area contributed by atoms with E-state index in [2.05, 4.69) is 32.6 Å². The van der Waals surface area contributed by atoms with Gasteiger partial charge in [0.1, 0.15) is 5.54 Å². The minimum atomic E-state index is -0.783. The fraction of sp³-hybridized carbons (Fsp3) is 0.952. The van der Waals surface area contributed by atoms with Crippen molar-refractivity contribution in [3.05, 3.63) is 0 Å². The first-order chi connectivity index (χ1) is 12.7. The fourth-order valence-corrected chi connectivity index (χ4v) is 5.20. The third-order valence-corrected chi connectivity index (χ3v) is 7.12. The lowest BCUT2D eigenvalue weighted by molar-refractivity contribution is -0.180. The van der Waals surface area contributed by atoms with Crippen LogP contribution in [0.2, 0.25) is 0 Å². The average molecular weight is 454 g/mol. The highest BCUT2D eigenvalue weighted by Crippen LogP contribution is 2.50. The van der Waals surface area contributed by atoms with Crippen molar-refractivity contribution < 1.29 is 14.3 Å². The van der Waals surface area contributed by atoms with E-state index < -0.39 is 5.54 Å². The van der Waals surface area contributed by atoms with Crippen molar-refractivity contribution in [3.8, 4) is 0 Å². The zero-order valence-corrected chi connectivity index (χ0v) is 20.3. The number of nitrogens with two attached hydrogens (primary N) is 1. The smallest absolute Gasteiger partial charge is 0.243 e. The molecule has 2 saturated heterocycles. The van der Waals surface area contributed by atoms with Crippen LogP contribution in [0.25, 0.3) is 0 Å². The number of morpholine rings is 1. The monoisotopic (exact) mass is 453 g/mol. The summed E-state index contributed by atoms with van der Waals surface area (Å²) < 4.78 is 11.6. The molecular weight excluding hydrogens is 413 g/mol. The number of nitrogens with zero attached hydrogens (tertiary/aromatic N) is 2. The van der Waals surface area contributed by atoms with Crippen molar-refractivity contribution in [2.75, 3.05) is 39.3 Å². The van der Waals surface area contributed by atoms with Crippen molar-refractivity contribution in [3.63, 3.8) is 0 Å². The largest absolute Gasteiger partial charge is 0.378 e. The summed E-state index contributed by atoms with van der Waals surface area (Å²) in [6.45, 7) is 15.9. The Morgan fingerprint density at radius 3 is 2.17 bits per heavy atom. The van der Waals surface area contributed by atoms with E-state index in [4.69, 9.17) is 15.2 Å². The zero-order valence-electron chi connectivity index (χ0n) is 18.7. The summed E-state index contributed by atoms with van der Waals surface area (Å²) in [5, 5.41) is 0. The summed E-state index contributed by atoms with van der Waals surface area (Å²) in [6, 6.07) is 0. The van der Waals surface area contributed by atoms with Crippen molar-refractivity contribution >= 4 is 30.7 Å². The summed E-state index contributed by atoms with van der Waals surface area (Å²) in [5.74, 6) is 0.779. The molecule has 1 saturated carbocycles. The zero-order chi connectivity index (χ0) is 19.8. The first-order valence-electron chi connectivity index (χ1n) is 10.7. The fourth-order valence-electron chi connectivity index (χ4n) is 5.20. The van der Waals surface area contributed by atoms with Gasteiger partial charge in [-0.15, -0.1) is 24.8 Å². The van der Waals surface area contributed by atoms with Gasteiger partial charge in [-0.25, -0.2) is 0 Å². The lowest BCUT2D eigenvalue weighted by atomic mass is 9.54. The highest BCUT2D eigenvalue weighted by Gasteiger charge is 2.63. The third kappa shape index (κ3) is 5.39. The second kappa shape index (κ2) is 10.5. The average Bonchev–Trinajstić information content (AvgIpc) is 2.60. The molecule has 0 aromatic rings. The van der Waals surface area contributed by atoms with Crippen LogP contribution in [-0.4, -0.2) is 78.9 Å². The lowest BCUT2D eigenvalue weighted by Crippen LogP contribution is -2.76. The normalized spacial score (nSPS) is 35.2. The maximum absolute atomic E-state index is 13.2. The van der Waals surface area contributed by atoms with Gasteiger partial charge in [0.2, 0.25) is 5.91 Å². The van der Waals surface area contributed by atoms with E-state index >= 15 is 0 Å². The van der Waals surface area contributed by atoms with Gasteiger partial charge in [-0.1, -0.05) is 13.8 Å². The molecule has 0 aromatic carbocycles. The molecule has 1 amide bonds. The molecule has 0 spiro atoms. The first-order valence-corrected chi connectivity index (χ1v) is 10.7. The van der Waals surface area contributed by atoms with Gasteiger partial charge in [0, 0.05) is 51.2 Å². The number of hydrogen-bond donors (Lipinski definition) is 1. The number of hydrogen-bond acceptors (Lipinski definition) is 5. The molecule has 4 atom stereocenters. The Bertz CT molecular complexity index is 533. The van der Waals surface area contributed by atoms with Crippen molar-refractivity contribution in [2.24, 2.45) is 17.1 Å². The molecule has 2 aliphatic heterocycles. The van der Waals surface area contributed by atoms with Gasteiger partial charge in [-0.3, -0.25) is 9.69 Å². The van der Waals surface area contributed by atoms with Crippen LogP contribution in [0.5, 0.6) is 0 Å². The van der Waals surface area contributed by atoms with Crippen LogP contribution in [0.3, 0.4) is 0 Å². The Hall–Kier alpha value is -0.110. The van der Waals surface area contributed by atoms with Gasteiger partial charge in [0.15, 0.2) is 0 Å². The van der Waals surface area contributed by atoms with Crippen LogP contribution < -0.4 is 5.73 Å². The standard InChI is InChI=1S/C21H39N3O3.2ClH/c1-6-26-18-11-21(22,20(18,4)5)19(25)24-9-7-17(8-10-24)14-23-12-15(2)27-16(3)13-23;;/h15-18H,6-14,22H2,1-5H3;2*1H. The van der Waals surface area contributed by atoms with Crippen molar-refractivity contribution in [1.82, 2.24) is 9.80 Å². The minimum Gasteiger partial charge on any atom is -0.378 e. The third-order valence-electron chi connectivity index (χ3n) is 7.12. The molecule has 172 valence electrons. The molecule has 4 unspecified atom stereocenters. The van der Waals surface area contributed by atoms with E-state index in [1.807, 2.05) is 11.8 Å². The number of amides is 1. The van der Waals surface area contributed by atoms with Crippen LogP contribution in [0, 0.1) is 11.3 Å². The van der Waals surface area contributed by atoms with E-state index in [-0.39, 0.29) is 42.2 Å². The summed E-state index contributed by atoms with van der Waals surface area (Å²) >= 11 is 0. The minimum absolute atomic E-state index is 0. The molecule has 3 fully saturated rings. The number of halogens is 2. The molecule has 0 radical (unpaired) electrons. The number of ether oxygens (including phenoxy) is 2. The highest BCUT2D eigenvalue weighted by atomic mass is 35.5. The molecule has 6 nitrogen and oxygen atoms in total. The number of carbonyl (C=O) groups is 1. The molecule has 0 bridgehead atoms. The predicted octanol–water partition coefficient (Wildman–Crippen LogP) is 2.71. The molecule has 0 aromatic heterocycles. The Balaban J connectivity index is 0.00000210. The highest BCUT2D eigenvalue weighted by molar-refractivity contribution is 5.89. The van der Waals surface area contributed by atoms with Crippen LogP contribution in [0.4, 0.5) is 0 Å². The molecule has 3 aliphatic rings. The van der Waals surface area contributed by atoms with Gasteiger partial charge in [0.25, 0.3) is 0 Å². The van der Waals surface area contributed by atoms with Crippen LogP contribution in [-0.2, 0) is 14.3 Å². The number of carbonyl (C=O) groups excluding carboxylic acids is 1. The molecule has 8 heteroatoms. The van der Waals surface area contributed by atoms with Gasteiger partial charge >= 0.3 is 0 Å². The first kappa shape index (κ1) is 26.9. The van der Waals surface area contributed by atoms with E-state index in [9.17, 15) is 4.79 Å². The van der Waals surface area contributed by atoms with Gasteiger partial charge in [-0.05, 0) is 39.5 Å². The Kier molecular flexibility index (Phi) is 9.72. The summed E-state index contributed by atoms with van der Waals surface area (Å²) in [5.41, 5.74) is 5.51. The van der Waals surface area contributed by atoms with Crippen molar-refractivity contribution in [1.29, 1.82) is 0 Å². The molecule has 2 heterocycles. The van der Waals surface area contributed by atoms with Crippen LogP contribution in [0.15, 0.2) is 0 Å². The maximum Gasteiger partial charge on any atom is 0.243 e. The Morgan fingerprint density at radius 2 is 1.69 bits per heavy atom. The summed E-state index contributed by atoms with van der Waals surface area (Å²) in [4.78, 5) is 17.7. The number of piperidine rings is 1. The van der Waals surface area contributed by atoms with Crippen LogP contribution in [0.1, 0.15) is 53.9 Å². The molecule has 2 N–H and O–H groups in total. The second-order valence-corrected chi connectivity index (χ2v) is 9.55. The quantitative estimate of drug-likeness (QED) is 0.692. The maximum atomic E-state index is 13.2. The number of likely N-dealkylation sites (tertiary alicyclic amines) is 1. The Labute approximate surface area is 189 Å². The summed E-state index contributed by atoms with van der Waals surface area (Å²) in [6.07, 6.45) is 3.47. The lowest BCUT2D eigenvalue weighted by Gasteiger charge is -2.59. The van der Waals surface area contributed by atoms with E-state index in [0.717, 1.165) is 45.6 Å². The topological polar surface area (TPSA) is 68.0 Å². The van der Waals surface area contributed by atoms with E-state index in [1.165, 1.54) is 0 Å². The molecular formula is C21H41Cl2N3O3. The summed E-state index contributed by atoms with van der Waals surface area (Å²) in [7, 11) is 0. The van der Waals surface area contributed by atoms with Gasteiger partial charge < -0.3 is 20.1 Å². The van der Waals surface area contributed by atoms with Crippen molar-refractivity contribution in [2.45, 2.75) is 77.7 Å². The van der Waals surface area contributed by atoms with E-state index in [0.29, 0.717) is 31.2 Å². The Morgan fingerprint density at radius 1 is 1.14 bits per heavy atom.